The lowest BCUT2D eigenvalue weighted by molar-refractivity contribution is 0.174. The smallest absolute Gasteiger partial charge is 0.0958 e. The summed E-state index contributed by atoms with van der Waals surface area (Å²) in [5, 5.41) is 13.3. The van der Waals surface area contributed by atoms with Crippen molar-refractivity contribution in [3.05, 3.63) is 60.7 Å². The number of aliphatic hydroxyl groups excluding tert-OH is 1. The molecule has 0 saturated heterocycles. The molecule has 0 spiro atoms. The first-order valence-corrected chi connectivity index (χ1v) is 7.03. The maximum absolute atomic E-state index is 10.0. The van der Waals surface area contributed by atoms with Crippen LogP contribution >= 0.6 is 0 Å². The molecule has 0 bridgehead atoms. The first kappa shape index (κ1) is 13.7. The van der Waals surface area contributed by atoms with Crippen LogP contribution in [0.15, 0.2) is 55.1 Å². The summed E-state index contributed by atoms with van der Waals surface area (Å²) in [4.78, 5) is 8.37. The molecule has 0 radical (unpaired) electrons. The number of hydrogen-bond acceptors (Lipinski definition) is 4. The number of imidazole rings is 1. The van der Waals surface area contributed by atoms with E-state index in [4.69, 9.17) is 0 Å². The predicted octanol–water partition coefficient (Wildman–Crippen LogP) is 1.75. The quantitative estimate of drug-likeness (QED) is 0.676. The van der Waals surface area contributed by atoms with Crippen LogP contribution in [0, 0.1) is 0 Å². The SMILES string of the molecule is O[C@@H](CNCCn1cnc2ccccc21)c1cccnc1. The van der Waals surface area contributed by atoms with Crippen molar-refractivity contribution < 1.29 is 5.11 Å². The molecule has 1 aromatic carbocycles. The summed E-state index contributed by atoms with van der Waals surface area (Å²) < 4.78 is 2.11. The van der Waals surface area contributed by atoms with Gasteiger partial charge < -0.3 is 15.0 Å². The average Bonchev–Trinajstić information content (AvgIpc) is 2.95. The van der Waals surface area contributed by atoms with E-state index in [1.54, 1.807) is 12.4 Å². The highest BCUT2D eigenvalue weighted by Gasteiger charge is 2.06. The Balaban J connectivity index is 1.50. The topological polar surface area (TPSA) is 63.0 Å². The van der Waals surface area contributed by atoms with Crippen LogP contribution in [-0.2, 0) is 6.54 Å². The standard InChI is InChI=1S/C16H18N4O/c21-16(13-4-3-7-17-10-13)11-18-8-9-20-12-19-14-5-1-2-6-15(14)20/h1-7,10,12,16,18,21H,8-9,11H2/t16-/m0/s1. The van der Waals surface area contributed by atoms with Crippen molar-refractivity contribution in [3.8, 4) is 0 Å². The highest BCUT2D eigenvalue weighted by molar-refractivity contribution is 5.74. The van der Waals surface area contributed by atoms with Crippen LogP contribution in [0.5, 0.6) is 0 Å². The molecular formula is C16H18N4O. The zero-order chi connectivity index (χ0) is 14.5. The van der Waals surface area contributed by atoms with Crippen molar-refractivity contribution >= 4 is 11.0 Å². The van der Waals surface area contributed by atoms with Gasteiger partial charge in [-0.1, -0.05) is 18.2 Å². The number of nitrogens with one attached hydrogen (secondary N) is 1. The van der Waals surface area contributed by atoms with Crippen molar-refractivity contribution in [2.45, 2.75) is 12.6 Å². The van der Waals surface area contributed by atoms with Gasteiger partial charge in [-0.2, -0.15) is 0 Å². The third-order valence-corrected chi connectivity index (χ3v) is 3.46. The van der Waals surface area contributed by atoms with Crippen LogP contribution in [0.25, 0.3) is 11.0 Å². The molecule has 0 fully saturated rings. The summed E-state index contributed by atoms with van der Waals surface area (Å²) in [7, 11) is 0. The lowest BCUT2D eigenvalue weighted by Gasteiger charge is -2.12. The second-order valence-electron chi connectivity index (χ2n) is 4.93. The van der Waals surface area contributed by atoms with Crippen LogP contribution in [-0.4, -0.2) is 32.7 Å². The number of para-hydroxylation sites is 2. The van der Waals surface area contributed by atoms with E-state index in [2.05, 4.69) is 25.9 Å². The van der Waals surface area contributed by atoms with E-state index in [0.29, 0.717) is 6.54 Å². The molecule has 5 nitrogen and oxygen atoms in total. The largest absolute Gasteiger partial charge is 0.387 e. The van der Waals surface area contributed by atoms with E-state index in [0.717, 1.165) is 29.7 Å². The molecule has 108 valence electrons. The highest BCUT2D eigenvalue weighted by atomic mass is 16.3. The van der Waals surface area contributed by atoms with E-state index in [1.165, 1.54) is 0 Å². The Bertz CT molecular complexity index is 696. The fraction of sp³-hybridized carbons (Fsp3) is 0.250. The van der Waals surface area contributed by atoms with Crippen molar-refractivity contribution in [2.24, 2.45) is 0 Å². The average molecular weight is 282 g/mol. The number of nitrogens with zero attached hydrogens (tertiary/aromatic N) is 3. The number of hydrogen-bond donors (Lipinski definition) is 2. The molecule has 0 unspecified atom stereocenters. The van der Waals surface area contributed by atoms with E-state index >= 15 is 0 Å². The van der Waals surface area contributed by atoms with Crippen LogP contribution in [0.4, 0.5) is 0 Å². The van der Waals surface area contributed by atoms with Gasteiger partial charge in [-0.05, 0) is 18.2 Å². The Morgan fingerprint density at radius 3 is 2.95 bits per heavy atom. The van der Waals surface area contributed by atoms with Crippen molar-refractivity contribution in [1.29, 1.82) is 0 Å². The molecule has 0 saturated carbocycles. The molecular weight excluding hydrogens is 264 g/mol. The molecule has 3 aromatic rings. The predicted molar refractivity (Wildman–Crippen MR) is 81.8 cm³/mol. The molecule has 2 heterocycles. The molecule has 1 atom stereocenters. The molecule has 0 aliphatic heterocycles. The van der Waals surface area contributed by atoms with Gasteiger partial charge in [0.2, 0.25) is 0 Å². The number of rotatable bonds is 6. The monoisotopic (exact) mass is 282 g/mol. The summed E-state index contributed by atoms with van der Waals surface area (Å²) in [5.41, 5.74) is 2.97. The minimum Gasteiger partial charge on any atom is -0.387 e. The van der Waals surface area contributed by atoms with Gasteiger partial charge >= 0.3 is 0 Å². The van der Waals surface area contributed by atoms with E-state index in [-0.39, 0.29) is 0 Å². The molecule has 0 aliphatic rings. The Hall–Kier alpha value is -2.24. The maximum atomic E-state index is 10.0. The van der Waals surface area contributed by atoms with Gasteiger partial charge in [-0.25, -0.2) is 4.98 Å². The van der Waals surface area contributed by atoms with Crippen LogP contribution in [0.1, 0.15) is 11.7 Å². The summed E-state index contributed by atoms with van der Waals surface area (Å²) in [6.45, 7) is 2.11. The number of aromatic nitrogens is 3. The van der Waals surface area contributed by atoms with Crippen LogP contribution in [0.3, 0.4) is 0 Å². The Kier molecular flexibility index (Phi) is 4.23. The molecule has 3 rings (SSSR count). The van der Waals surface area contributed by atoms with Gasteiger partial charge in [0.05, 0.1) is 23.5 Å². The van der Waals surface area contributed by atoms with Gasteiger partial charge in [0.25, 0.3) is 0 Å². The lowest BCUT2D eigenvalue weighted by Crippen LogP contribution is -2.25. The van der Waals surface area contributed by atoms with Gasteiger partial charge in [0.15, 0.2) is 0 Å². The van der Waals surface area contributed by atoms with E-state index < -0.39 is 6.10 Å². The summed E-state index contributed by atoms with van der Waals surface area (Å²) >= 11 is 0. The zero-order valence-electron chi connectivity index (χ0n) is 11.7. The minimum absolute atomic E-state index is 0.512. The first-order chi connectivity index (χ1) is 10.3. The maximum Gasteiger partial charge on any atom is 0.0958 e. The number of aliphatic hydroxyl groups is 1. The molecule has 21 heavy (non-hydrogen) atoms. The van der Waals surface area contributed by atoms with Gasteiger partial charge in [-0.15, -0.1) is 0 Å². The molecule has 2 aromatic heterocycles. The Morgan fingerprint density at radius 2 is 2.10 bits per heavy atom. The van der Waals surface area contributed by atoms with Crippen LogP contribution in [0.2, 0.25) is 0 Å². The summed E-state index contributed by atoms with van der Waals surface area (Å²) in [5.74, 6) is 0. The third-order valence-electron chi connectivity index (χ3n) is 3.46. The fourth-order valence-electron chi connectivity index (χ4n) is 2.32. The van der Waals surface area contributed by atoms with Crippen LogP contribution < -0.4 is 5.32 Å². The lowest BCUT2D eigenvalue weighted by atomic mass is 10.1. The van der Waals surface area contributed by atoms with Gasteiger partial charge in [-0.3, -0.25) is 4.98 Å². The Morgan fingerprint density at radius 1 is 1.19 bits per heavy atom. The van der Waals surface area contributed by atoms with Crippen molar-refractivity contribution in [2.75, 3.05) is 13.1 Å². The number of pyridine rings is 1. The molecule has 0 amide bonds. The second-order valence-corrected chi connectivity index (χ2v) is 4.93. The molecule has 2 N–H and O–H groups in total. The van der Waals surface area contributed by atoms with E-state index in [9.17, 15) is 5.11 Å². The van der Waals surface area contributed by atoms with Gasteiger partial charge in [0, 0.05) is 37.6 Å². The minimum atomic E-state index is -0.529. The van der Waals surface area contributed by atoms with Gasteiger partial charge in [0.1, 0.15) is 0 Å². The molecule has 0 aliphatic carbocycles. The normalized spacial score (nSPS) is 12.6. The zero-order valence-corrected chi connectivity index (χ0v) is 11.7. The highest BCUT2D eigenvalue weighted by Crippen LogP contribution is 2.11. The number of fused-ring (bicyclic) bond motifs is 1. The second kappa shape index (κ2) is 6.47. The molecule has 5 heteroatoms. The summed E-state index contributed by atoms with van der Waals surface area (Å²) in [6, 6.07) is 11.8. The summed E-state index contributed by atoms with van der Waals surface area (Å²) in [6.07, 6.45) is 4.71. The number of benzene rings is 1. The van der Waals surface area contributed by atoms with E-state index in [1.807, 2.05) is 36.7 Å². The van der Waals surface area contributed by atoms with Crippen molar-refractivity contribution in [3.63, 3.8) is 0 Å². The van der Waals surface area contributed by atoms with Crippen molar-refractivity contribution in [1.82, 2.24) is 19.9 Å². The Labute approximate surface area is 123 Å². The third kappa shape index (κ3) is 3.26. The fourth-order valence-corrected chi connectivity index (χ4v) is 2.32. The first-order valence-electron chi connectivity index (χ1n) is 7.03.